The molecule has 0 unspecified atom stereocenters. The number of pyridine rings is 1. The van der Waals surface area contributed by atoms with Gasteiger partial charge in [-0.3, -0.25) is 28.7 Å². The van der Waals surface area contributed by atoms with Crippen LogP contribution in [0, 0.1) is 11.7 Å². The Balaban J connectivity index is 1.39. The SMILES string of the molecule is O=C(Cn1c2c(sc1=O)[C@@H](c1cccnc1)[C@@H]1C(=O)N(c3ccc(F)cc3)C(=O)[C@@H]1S2)Nc1ccc(Cl)c(Cl)c1. The van der Waals surface area contributed by atoms with Crippen LogP contribution in [0.1, 0.15) is 16.4 Å². The highest BCUT2D eigenvalue weighted by molar-refractivity contribution is 8.00. The molecule has 2 aromatic carbocycles. The number of hydrogen-bond donors (Lipinski definition) is 1. The highest BCUT2D eigenvalue weighted by Gasteiger charge is 2.56. The summed E-state index contributed by atoms with van der Waals surface area (Å²) >= 11 is 14.0. The summed E-state index contributed by atoms with van der Waals surface area (Å²) in [5.41, 5.74) is 1.33. The zero-order valence-electron chi connectivity index (χ0n) is 20.2. The van der Waals surface area contributed by atoms with E-state index in [1.165, 1.54) is 34.9 Å². The number of benzene rings is 2. The van der Waals surface area contributed by atoms with Crippen LogP contribution < -0.4 is 15.1 Å². The molecular formula is C27H17Cl2FN4O4S2. The number of rotatable bonds is 5. The Hall–Kier alpha value is -3.51. The molecular weight excluding hydrogens is 598 g/mol. The predicted molar refractivity (Wildman–Crippen MR) is 152 cm³/mol. The van der Waals surface area contributed by atoms with Crippen LogP contribution in [0.15, 0.2) is 76.8 Å². The number of thioether (sulfide) groups is 1. The first-order valence-electron chi connectivity index (χ1n) is 11.9. The third-order valence-electron chi connectivity index (χ3n) is 6.68. The summed E-state index contributed by atoms with van der Waals surface area (Å²) in [5.74, 6) is -3.36. The van der Waals surface area contributed by atoms with Crippen molar-refractivity contribution < 1.29 is 18.8 Å². The number of hydrogen-bond acceptors (Lipinski definition) is 7. The second-order valence-corrected chi connectivity index (χ2v) is 12.1. The Labute approximate surface area is 244 Å². The smallest absolute Gasteiger partial charge is 0.308 e. The first-order chi connectivity index (χ1) is 19.2. The monoisotopic (exact) mass is 614 g/mol. The normalized spacial score (nSPS) is 19.9. The molecule has 4 aromatic rings. The number of nitrogens with zero attached hydrogens (tertiary/aromatic N) is 3. The van der Waals surface area contributed by atoms with Crippen molar-refractivity contribution in [2.45, 2.75) is 22.7 Å². The second-order valence-electron chi connectivity index (χ2n) is 9.12. The van der Waals surface area contributed by atoms with Crippen LogP contribution in [0.25, 0.3) is 0 Å². The molecule has 0 saturated carbocycles. The molecule has 3 amide bonds. The van der Waals surface area contributed by atoms with Crippen LogP contribution in [0.3, 0.4) is 0 Å². The first kappa shape index (κ1) is 26.7. The lowest BCUT2D eigenvalue weighted by atomic mass is 9.84. The highest BCUT2D eigenvalue weighted by Crippen LogP contribution is 2.53. The molecule has 1 saturated heterocycles. The van der Waals surface area contributed by atoms with Crippen LogP contribution in [0.5, 0.6) is 0 Å². The van der Waals surface area contributed by atoms with Crippen LogP contribution in [0.2, 0.25) is 10.0 Å². The van der Waals surface area contributed by atoms with Crippen molar-refractivity contribution >= 4 is 75.4 Å². The van der Waals surface area contributed by atoms with E-state index in [4.69, 9.17) is 23.2 Å². The van der Waals surface area contributed by atoms with E-state index in [1.807, 2.05) is 0 Å². The topological polar surface area (TPSA) is 101 Å². The minimum absolute atomic E-state index is 0.262. The Morgan fingerprint density at radius 1 is 1.02 bits per heavy atom. The molecule has 0 spiro atoms. The lowest BCUT2D eigenvalue weighted by molar-refractivity contribution is -0.122. The van der Waals surface area contributed by atoms with Crippen molar-refractivity contribution in [3.8, 4) is 0 Å². The number of halogens is 3. The van der Waals surface area contributed by atoms with E-state index in [-0.39, 0.29) is 17.3 Å². The van der Waals surface area contributed by atoms with E-state index in [9.17, 15) is 23.6 Å². The van der Waals surface area contributed by atoms with Gasteiger partial charge in [-0.25, -0.2) is 9.29 Å². The molecule has 2 aliphatic heterocycles. The molecule has 4 heterocycles. The average molecular weight is 615 g/mol. The van der Waals surface area contributed by atoms with Gasteiger partial charge in [0.15, 0.2) is 0 Å². The fourth-order valence-electron chi connectivity index (χ4n) is 4.94. The molecule has 40 heavy (non-hydrogen) atoms. The zero-order valence-corrected chi connectivity index (χ0v) is 23.4. The van der Waals surface area contributed by atoms with Gasteiger partial charge in [-0.1, -0.05) is 52.4 Å². The third-order valence-corrected chi connectivity index (χ3v) is 10.0. The van der Waals surface area contributed by atoms with Gasteiger partial charge in [0.25, 0.3) is 0 Å². The largest absolute Gasteiger partial charge is 0.324 e. The number of amides is 3. The Bertz CT molecular complexity index is 1730. The minimum Gasteiger partial charge on any atom is -0.324 e. The van der Waals surface area contributed by atoms with Gasteiger partial charge in [0, 0.05) is 28.9 Å². The summed E-state index contributed by atoms with van der Waals surface area (Å²) in [7, 11) is 0. The maximum Gasteiger partial charge on any atom is 0.308 e. The van der Waals surface area contributed by atoms with E-state index < -0.39 is 45.5 Å². The molecule has 3 atom stereocenters. The fourth-order valence-corrected chi connectivity index (χ4v) is 8.01. The van der Waals surface area contributed by atoms with Crippen LogP contribution in [0.4, 0.5) is 15.8 Å². The molecule has 13 heteroatoms. The zero-order chi connectivity index (χ0) is 28.1. The number of nitrogens with one attached hydrogen (secondary N) is 1. The number of fused-ring (bicyclic) bond motifs is 2. The maximum absolute atomic E-state index is 13.8. The van der Waals surface area contributed by atoms with Gasteiger partial charge in [-0.15, -0.1) is 0 Å². The van der Waals surface area contributed by atoms with Gasteiger partial charge in [0.1, 0.15) is 17.6 Å². The predicted octanol–water partition coefficient (Wildman–Crippen LogP) is 5.19. The van der Waals surface area contributed by atoms with E-state index in [0.29, 0.717) is 26.2 Å². The third kappa shape index (κ3) is 4.62. The van der Waals surface area contributed by atoms with E-state index in [2.05, 4.69) is 10.3 Å². The summed E-state index contributed by atoms with van der Waals surface area (Å²) < 4.78 is 14.9. The first-order valence-corrected chi connectivity index (χ1v) is 14.4. The van der Waals surface area contributed by atoms with Crippen molar-refractivity contribution in [1.29, 1.82) is 0 Å². The van der Waals surface area contributed by atoms with E-state index in [1.54, 1.807) is 36.7 Å². The minimum atomic E-state index is -0.867. The summed E-state index contributed by atoms with van der Waals surface area (Å²) in [6.45, 7) is -0.321. The van der Waals surface area contributed by atoms with Gasteiger partial charge in [-0.2, -0.15) is 0 Å². The van der Waals surface area contributed by atoms with E-state index >= 15 is 0 Å². The highest BCUT2D eigenvalue weighted by atomic mass is 35.5. The maximum atomic E-state index is 13.8. The van der Waals surface area contributed by atoms with Gasteiger partial charge < -0.3 is 5.32 Å². The number of carbonyl (C=O) groups excluding carboxylic acids is 3. The quantitative estimate of drug-likeness (QED) is 0.311. The van der Waals surface area contributed by atoms with Crippen molar-refractivity contribution in [3.05, 3.63) is 103 Å². The number of anilines is 2. The Kier molecular flexibility index (Phi) is 6.99. The summed E-state index contributed by atoms with van der Waals surface area (Å²) in [5, 5.41) is 2.88. The van der Waals surface area contributed by atoms with Gasteiger partial charge in [-0.05, 0) is 54.1 Å². The standard InChI is InChI=1S/C27H17Cl2FN4O4S2/c28-17-8-5-15(10-18(17)29)32-19(35)12-33-26-23(40-27(33)38)20(13-2-1-9-31-11-13)21-22(39-26)25(37)34(24(21)36)16-6-3-14(30)4-7-16/h1-11,20-22H,12H2,(H,32,35)/t20-,21-,22+/m0/s1. The molecule has 2 aromatic heterocycles. The van der Waals surface area contributed by atoms with Crippen molar-refractivity contribution in [3.63, 3.8) is 0 Å². The van der Waals surface area contributed by atoms with Crippen molar-refractivity contribution in [1.82, 2.24) is 9.55 Å². The Morgan fingerprint density at radius 2 is 1.80 bits per heavy atom. The molecule has 0 radical (unpaired) electrons. The molecule has 0 bridgehead atoms. The molecule has 0 aliphatic carbocycles. The molecule has 1 fully saturated rings. The van der Waals surface area contributed by atoms with Crippen molar-refractivity contribution in [2.24, 2.45) is 5.92 Å². The van der Waals surface area contributed by atoms with Gasteiger partial charge in [0.05, 0.1) is 26.7 Å². The lowest BCUT2D eigenvalue weighted by Crippen LogP contribution is -2.33. The summed E-state index contributed by atoms with van der Waals surface area (Å²) in [4.78, 5) is 59.0. The fraction of sp³-hybridized carbons (Fsp3) is 0.148. The summed E-state index contributed by atoms with van der Waals surface area (Å²) in [6.07, 6.45) is 3.19. The van der Waals surface area contributed by atoms with Crippen LogP contribution in [-0.2, 0) is 20.9 Å². The van der Waals surface area contributed by atoms with Crippen LogP contribution in [-0.4, -0.2) is 32.5 Å². The second kappa shape index (κ2) is 10.5. The van der Waals surface area contributed by atoms with Gasteiger partial charge >= 0.3 is 4.87 Å². The molecule has 202 valence electrons. The van der Waals surface area contributed by atoms with Gasteiger partial charge in [0.2, 0.25) is 17.7 Å². The molecule has 1 N–H and O–H groups in total. The summed E-state index contributed by atoms with van der Waals surface area (Å²) in [6, 6.07) is 13.3. The van der Waals surface area contributed by atoms with Crippen LogP contribution >= 0.6 is 46.3 Å². The number of thiazole rings is 1. The Morgan fingerprint density at radius 3 is 2.50 bits per heavy atom. The number of aromatic nitrogens is 2. The lowest BCUT2D eigenvalue weighted by Gasteiger charge is -2.30. The molecule has 2 aliphatic rings. The molecule has 6 rings (SSSR count). The van der Waals surface area contributed by atoms with E-state index in [0.717, 1.165) is 28.0 Å². The average Bonchev–Trinajstić information content (AvgIpc) is 3.38. The van der Waals surface area contributed by atoms with Crippen molar-refractivity contribution in [2.75, 3.05) is 10.2 Å². The number of imide groups is 1. The molecule has 8 nitrogen and oxygen atoms in total. The number of carbonyl (C=O) groups is 3.